The molecule has 0 heterocycles. The number of carboxylic acid groups (broad SMARTS) is 2. The summed E-state index contributed by atoms with van der Waals surface area (Å²) in [5.74, 6) is 0. The van der Waals surface area contributed by atoms with E-state index in [4.69, 9.17) is 15.0 Å². The number of hydrogen-bond donors (Lipinski definition) is 2. The van der Waals surface area contributed by atoms with Gasteiger partial charge in [0, 0.05) is 0 Å². The second-order valence-corrected chi connectivity index (χ2v) is 2.35. The second-order valence-electron chi connectivity index (χ2n) is 2.35. The first-order valence-corrected chi connectivity index (χ1v) is 4.05. The van der Waals surface area contributed by atoms with Crippen molar-refractivity contribution in [3.8, 4) is 0 Å². The molecule has 0 aliphatic rings. The van der Waals surface area contributed by atoms with Crippen LogP contribution in [-0.2, 0) is 0 Å². The average Bonchev–Trinajstić information content (AvgIpc) is 2.05. The summed E-state index contributed by atoms with van der Waals surface area (Å²) < 4.78 is 0. The quantitative estimate of drug-likeness (QED) is 0.625. The fraction of sp³-hybridized carbons (Fsp3) is 0.182. The molecule has 0 saturated carbocycles. The third-order valence-corrected chi connectivity index (χ3v) is 0.940. The van der Waals surface area contributed by atoms with Crippen LogP contribution < -0.4 is 0 Å². The molecule has 3 nitrogen and oxygen atoms in total. The van der Waals surface area contributed by atoms with Crippen LogP contribution in [0.2, 0.25) is 0 Å². The summed E-state index contributed by atoms with van der Waals surface area (Å²) in [5, 5.41) is 13.9. The molecule has 0 spiro atoms. The van der Waals surface area contributed by atoms with Gasteiger partial charge in [0.1, 0.15) is 0 Å². The first kappa shape index (κ1) is 14.7. The minimum Gasteiger partial charge on any atom is -0.450 e. The lowest BCUT2D eigenvalue weighted by Gasteiger charge is -1.82. The molecule has 0 radical (unpaired) electrons. The first-order chi connectivity index (χ1) is 6.54. The zero-order valence-electron chi connectivity index (χ0n) is 8.47. The number of rotatable bonds is 0. The fourth-order valence-electron chi connectivity index (χ4n) is 0.534. The van der Waals surface area contributed by atoms with Gasteiger partial charge in [-0.1, -0.05) is 42.0 Å². The van der Waals surface area contributed by atoms with E-state index in [-0.39, 0.29) is 0 Å². The van der Waals surface area contributed by atoms with E-state index in [1.54, 1.807) is 6.08 Å². The lowest BCUT2D eigenvalue weighted by molar-refractivity contribution is 0.137. The van der Waals surface area contributed by atoms with E-state index in [0.717, 1.165) is 0 Å². The van der Waals surface area contributed by atoms with Gasteiger partial charge >= 0.3 is 6.16 Å². The summed E-state index contributed by atoms with van der Waals surface area (Å²) in [4.78, 5) is 8.56. The van der Waals surface area contributed by atoms with Crippen LogP contribution >= 0.6 is 0 Å². The number of aryl methyl sites for hydroxylation is 1. The van der Waals surface area contributed by atoms with E-state index in [9.17, 15) is 0 Å². The minimum absolute atomic E-state index is 1.32. The summed E-state index contributed by atoms with van der Waals surface area (Å²) in [6.07, 6.45) is -0.0833. The maximum absolute atomic E-state index is 8.56. The first-order valence-electron chi connectivity index (χ1n) is 4.05. The van der Waals surface area contributed by atoms with Crippen molar-refractivity contribution in [2.75, 3.05) is 0 Å². The summed E-state index contributed by atoms with van der Waals surface area (Å²) in [7, 11) is 0. The summed E-state index contributed by atoms with van der Waals surface area (Å²) in [6.45, 7) is 7.33. The van der Waals surface area contributed by atoms with E-state index < -0.39 is 6.16 Å². The van der Waals surface area contributed by atoms with Crippen LogP contribution in [0.5, 0.6) is 0 Å². The Balaban J connectivity index is 0. The highest BCUT2D eigenvalue weighted by molar-refractivity contribution is 5.53. The number of allylic oxidation sites excluding steroid dienone is 1. The Morgan fingerprint density at radius 3 is 1.71 bits per heavy atom. The molecule has 3 heteroatoms. The van der Waals surface area contributed by atoms with Crippen molar-refractivity contribution in [3.05, 3.63) is 48.6 Å². The van der Waals surface area contributed by atoms with Gasteiger partial charge in [-0.05, 0) is 13.8 Å². The normalized spacial score (nSPS) is 7.00. The molecular formula is C11H16O3. The molecule has 0 atom stereocenters. The van der Waals surface area contributed by atoms with Crippen molar-refractivity contribution in [2.24, 2.45) is 0 Å². The second kappa shape index (κ2) is 11.2. The van der Waals surface area contributed by atoms with E-state index >= 15 is 0 Å². The molecule has 0 unspecified atom stereocenters. The molecular weight excluding hydrogens is 180 g/mol. The van der Waals surface area contributed by atoms with E-state index in [2.05, 4.69) is 25.6 Å². The number of carbonyl (C=O) groups is 1. The van der Waals surface area contributed by atoms with Gasteiger partial charge < -0.3 is 10.2 Å². The van der Waals surface area contributed by atoms with Gasteiger partial charge in [0.15, 0.2) is 0 Å². The molecule has 0 fully saturated rings. The zero-order chi connectivity index (χ0) is 11.4. The molecule has 1 aromatic rings. The van der Waals surface area contributed by atoms with Gasteiger partial charge in [0.05, 0.1) is 0 Å². The van der Waals surface area contributed by atoms with Gasteiger partial charge in [-0.3, -0.25) is 0 Å². The van der Waals surface area contributed by atoms with Gasteiger partial charge in [-0.25, -0.2) is 4.79 Å². The molecule has 0 bridgehead atoms. The van der Waals surface area contributed by atoms with Crippen LogP contribution in [0.1, 0.15) is 12.5 Å². The zero-order valence-corrected chi connectivity index (χ0v) is 8.47. The average molecular weight is 196 g/mol. The molecule has 0 saturated heterocycles. The van der Waals surface area contributed by atoms with Crippen molar-refractivity contribution < 1.29 is 15.0 Å². The molecule has 0 amide bonds. The van der Waals surface area contributed by atoms with E-state index in [1.807, 2.05) is 25.1 Å². The van der Waals surface area contributed by atoms with E-state index in [0.29, 0.717) is 0 Å². The lowest BCUT2D eigenvalue weighted by Crippen LogP contribution is -1.81. The highest BCUT2D eigenvalue weighted by atomic mass is 16.6. The van der Waals surface area contributed by atoms with Crippen LogP contribution in [0.3, 0.4) is 0 Å². The Kier molecular flexibility index (Phi) is 11.8. The Hall–Kier alpha value is -1.77. The standard InChI is InChI=1S/C7H8.C3H6.CH2O3/c1-7-5-3-2-4-6-7;1-3-2;2-1(3)4/h2-6H,1H3;3H,1H2,2H3;(H2,2,3,4). The van der Waals surface area contributed by atoms with Crippen molar-refractivity contribution in [1.29, 1.82) is 0 Å². The fourth-order valence-corrected chi connectivity index (χ4v) is 0.534. The van der Waals surface area contributed by atoms with Crippen molar-refractivity contribution in [2.45, 2.75) is 13.8 Å². The Morgan fingerprint density at radius 1 is 1.29 bits per heavy atom. The van der Waals surface area contributed by atoms with Crippen molar-refractivity contribution in [3.63, 3.8) is 0 Å². The molecule has 0 aliphatic carbocycles. The predicted molar refractivity (Wildman–Crippen MR) is 57.7 cm³/mol. The molecule has 0 aliphatic heterocycles. The third-order valence-electron chi connectivity index (χ3n) is 0.940. The lowest BCUT2D eigenvalue weighted by atomic mass is 10.2. The molecule has 14 heavy (non-hydrogen) atoms. The van der Waals surface area contributed by atoms with Crippen molar-refractivity contribution in [1.82, 2.24) is 0 Å². The molecule has 78 valence electrons. The molecule has 0 aromatic heterocycles. The minimum atomic E-state index is -1.83. The molecule has 2 N–H and O–H groups in total. The summed E-state index contributed by atoms with van der Waals surface area (Å²) in [5.41, 5.74) is 1.32. The van der Waals surface area contributed by atoms with Gasteiger partial charge in [-0.2, -0.15) is 0 Å². The van der Waals surface area contributed by atoms with Crippen LogP contribution in [0, 0.1) is 6.92 Å². The highest BCUT2D eigenvalue weighted by Crippen LogP contribution is 1.92. The Labute approximate surface area is 84.3 Å². The van der Waals surface area contributed by atoms with Crippen LogP contribution in [0.25, 0.3) is 0 Å². The summed E-state index contributed by atoms with van der Waals surface area (Å²) >= 11 is 0. The van der Waals surface area contributed by atoms with Crippen molar-refractivity contribution >= 4 is 6.16 Å². The van der Waals surface area contributed by atoms with Crippen LogP contribution in [-0.4, -0.2) is 16.4 Å². The Morgan fingerprint density at radius 2 is 1.57 bits per heavy atom. The third kappa shape index (κ3) is 22.5. The Bertz CT molecular complexity index is 238. The smallest absolute Gasteiger partial charge is 0.450 e. The largest absolute Gasteiger partial charge is 0.503 e. The number of benzene rings is 1. The van der Waals surface area contributed by atoms with Gasteiger partial charge in [0.25, 0.3) is 0 Å². The maximum Gasteiger partial charge on any atom is 0.503 e. The topological polar surface area (TPSA) is 57.5 Å². The summed E-state index contributed by atoms with van der Waals surface area (Å²) in [6, 6.07) is 10.3. The van der Waals surface area contributed by atoms with Crippen LogP contribution in [0.4, 0.5) is 4.79 Å². The SMILES string of the molecule is C=CC.Cc1ccccc1.O=C(O)O. The van der Waals surface area contributed by atoms with Gasteiger partial charge in [0.2, 0.25) is 0 Å². The highest BCUT2D eigenvalue weighted by Gasteiger charge is 1.72. The molecule has 1 rings (SSSR count). The number of hydrogen-bond acceptors (Lipinski definition) is 1. The maximum atomic E-state index is 8.56. The predicted octanol–water partition coefficient (Wildman–Crippen LogP) is 3.41. The monoisotopic (exact) mass is 196 g/mol. The van der Waals surface area contributed by atoms with E-state index in [1.165, 1.54) is 5.56 Å². The van der Waals surface area contributed by atoms with Crippen LogP contribution in [0.15, 0.2) is 43.0 Å². The molecule has 1 aromatic carbocycles. The van der Waals surface area contributed by atoms with Gasteiger partial charge in [-0.15, -0.1) is 6.58 Å².